The van der Waals surface area contributed by atoms with Gasteiger partial charge >= 0.3 is 0 Å². The fraction of sp³-hybridized carbons (Fsp3) is 0.208. The van der Waals surface area contributed by atoms with Gasteiger partial charge in [-0.3, -0.25) is 4.79 Å². The van der Waals surface area contributed by atoms with Gasteiger partial charge in [0, 0.05) is 11.3 Å². The molecule has 0 aliphatic rings. The highest BCUT2D eigenvalue weighted by Gasteiger charge is 2.26. The lowest BCUT2D eigenvalue weighted by molar-refractivity contribution is 0.112. The van der Waals surface area contributed by atoms with Crippen LogP contribution in [0, 0.1) is 54.6 Å². The zero-order chi connectivity index (χ0) is 27.0. The highest BCUT2D eigenvalue weighted by atomic mass is 35.5. The minimum absolute atomic E-state index is 0.0334. The molecule has 35 heavy (non-hydrogen) atoms. The first-order valence-electron chi connectivity index (χ1n) is 9.96. The normalized spacial score (nSPS) is 9.97. The summed E-state index contributed by atoms with van der Waals surface area (Å²) in [6.07, 6.45) is 0.431. The van der Waals surface area contributed by atoms with Crippen molar-refractivity contribution in [3.05, 3.63) is 86.7 Å². The lowest BCUT2D eigenvalue weighted by Gasteiger charge is -2.14. The van der Waals surface area contributed by atoms with Crippen LogP contribution in [0.25, 0.3) is 0 Å². The Balaban J connectivity index is 0.000000354. The van der Waals surface area contributed by atoms with Crippen molar-refractivity contribution in [3.63, 3.8) is 0 Å². The maximum atomic E-state index is 13.9. The van der Waals surface area contributed by atoms with E-state index in [4.69, 9.17) is 11.6 Å². The van der Waals surface area contributed by atoms with E-state index in [1.807, 2.05) is 39.8 Å². The number of methoxy groups -OCH3 is 1. The molecule has 0 aliphatic carbocycles. The van der Waals surface area contributed by atoms with Crippen molar-refractivity contribution in [2.75, 3.05) is 12.4 Å². The van der Waals surface area contributed by atoms with Gasteiger partial charge in [0.05, 0.1) is 17.8 Å². The predicted octanol–water partition coefficient (Wildman–Crippen LogP) is 8.21. The molecule has 190 valence electrons. The molecule has 3 nitrogen and oxygen atoms in total. The average Bonchev–Trinajstić information content (AvgIpc) is 2.85. The van der Waals surface area contributed by atoms with Crippen molar-refractivity contribution in [2.45, 2.75) is 27.7 Å². The third-order valence-electron chi connectivity index (χ3n) is 4.33. The van der Waals surface area contributed by atoms with Crippen LogP contribution >= 0.6 is 11.6 Å². The van der Waals surface area contributed by atoms with Gasteiger partial charge in [-0.2, -0.15) is 8.78 Å². The first-order chi connectivity index (χ1) is 16.4. The molecule has 0 fully saturated rings. The van der Waals surface area contributed by atoms with Crippen LogP contribution in [0.15, 0.2) is 24.3 Å². The van der Waals surface area contributed by atoms with E-state index in [1.54, 1.807) is 6.07 Å². The lowest BCUT2D eigenvalue weighted by atomic mass is 10.1. The summed E-state index contributed by atoms with van der Waals surface area (Å²) >= 11 is 5.52. The van der Waals surface area contributed by atoms with Crippen LogP contribution in [0.3, 0.4) is 0 Å². The van der Waals surface area contributed by atoms with E-state index in [2.05, 4.69) is 10.1 Å². The highest BCUT2D eigenvalue weighted by Crippen LogP contribution is 2.31. The predicted molar refractivity (Wildman–Crippen MR) is 120 cm³/mol. The smallest absolute Gasteiger partial charge is 0.206 e. The van der Waals surface area contributed by atoms with E-state index >= 15 is 0 Å². The van der Waals surface area contributed by atoms with Crippen LogP contribution in [0.2, 0.25) is 5.02 Å². The molecule has 0 amide bonds. The van der Waals surface area contributed by atoms with Crippen molar-refractivity contribution in [1.82, 2.24) is 0 Å². The molecule has 3 aromatic carbocycles. The van der Waals surface area contributed by atoms with Gasteiger partial charge in [-0.1, -0.05) is 43.1 Å². The quantitative estimate of drug-likeness (QED) is 0.162. The second kappa shape index (κ2) is 13.0. The van der Waals surface area contributed by atoms with Crippen molar-refractivity contribution in [2.24, 2.45) is 0 Å². The molecule has 0 atom stereocenters. The molecule has 0 saturated carbocycles. The van der Waals surface area contributed by atoms with Gasteiger partial charge in [-0.15, -0.1) is 0 Å². The van der Waals surface area contributed by atoms with Crippen molar-refractivity contribution >= 4 is 29.3 Å². The molecule has 0 aliphatic heterocycles. The van der Waals surface area contributed by atoms with Gasteiger partial charge in [0.15, 0.2) is 23.7 Å². The number of hydrogen-bond donors (Lipinski definition) is 1. The van der Waals surface area contributed by atoms with Crippen LogP contribution in [-0.2, 0) is 0 Å². The van der Waals surface area contributed by atoms with Crippen LogP contribution in [0.5, 0.6) is 5.75 Å². The van der Waals surface area contributed by atoms with Crippen molar-refractivity contribution in [1.29, 1.82) is 0 Å². The number of nitrogens with one attached hydrogen (secondary N) is 1. The Bertz CT molecular complexity index is 1190. The van der Waals surface area contributed by atoms with E-state index in [0.29, 0.717) is 12.0 Å². The number of rotatable bonds is 4. The van der Waals surface area contributed by atoms with Crippen LogP contribution < -0.4 is 10.1 Å². The summed E-state index contributed by atoms with van der Waals surface area (Å²) in [5.41, 5.74) is 2.25. The SMILES string of the molecule is CC.COc1c(F)c(F)c(F)c(F)c1F.Cc1ccc(Nc2c(C=O)cc(Cl)c(F)c2F)c(C)c1. The molecule has 0 heterocycles. The lowest BCUT2D eigenvalue weighted by Crippen LogP contribution is -2.04. The first kappa shape index (κ1) is 29.8. The number of aryl methyl sites for hydroxylation is 2. The Kier molecular flexibility index (Phi) is 11.0. The molecule has 0 saturated heterocycles. The molecule has 11 heteroatoms. The maximum absolute atomic E-state index is 13.9. The Morgan fingerprint density at radius 2 is 1.31 bits per heavy atom. The number of aldehydes is 1. The summed E-state index contributed by atoms with van der Waals surface area (Å²) in [6.45, 7) is 7.76. The highest BCUT2D eigenvalue weighted by molar-refractivity contribution is 6.31. The van der Waals surface area contributed by atoms with Gasteiger partial charge in [-0.05, 0) is 31.5 Å². The molecule has 3 rings (SSSR count). The maximum Gasteiger partial charge on any atom is 0.206 e. The van der Waals surface area contributed by atoms with Gasteiger partial charge in [0.1, 0.15) is 0 Å². The Labute approximate surface area is 202 Å². The molecular weight excluding hydrogens is 503 g/mol. The number of hydrogen-bond acceptors (Lipinski definition) is 3. The molecule has 0 spiro atoms. The summed E-state index contributed by atoms with van der Waals surface area (Å²) in [7, 11) is 0.804. The van der Waals surface area contributed by atoms with E-state index in [-0.39, 0.29) is 11.3 Å². The number of halogens is 8. The largest absolute Gasteiger partial charge is 0.491 e. The van der Waals surface area contributed by atoms with Gasteiger partial charge in [0.25, 0.3) is 0 Å². The Hall–Kier alpha value is -3.27. The van der Waals surface area contributed by atoms with E-state index in [0.717, 1.165) is 24.3 Å². The number of carbonyl (C=O) groups excluding carboxylic acids is 1. The van der Waals surface area contributed by atoms with Gasteiger partial charge < -0.3 is 10.1 Å². The standard InChI is InChI=1S/C15H12ClF2NO.C7H3F5O.C2H6/c1-8-3-4-12(9(2)5-8)19-15-10(7-20)6-11(16)13(17)14(15)18;1-13-7-5(11)3(9)2(8)4(10)6(7)12;1-2/h3-7,19H,1-2H3;1H3;1-2H3. The topological polar surface area (TPSA) is 38.3 Å². The van der Waals surface area contributed by atoms with E-state index < -0.39 is 51.5 Å². The molecule has 0 unspecified atom stereocenters. The fourth-order valence-corrected chi connectivity index (χ4v) is 2.89. The van der Waals surface area contributed by atoms with Crippen molar-refractivity contribution < 1.29 is 40.3 Å². The van der Waals surface area contributed by atoms with Gasteiger partial charge in [0.2, 0.25) is 29.1 Å². The monoisotopic (exact) mass is 523 g/mol. The van der Waals surface area contributed by atoms with Crippen LogP contribution in [0.4, 0.5) is 42.1 Å². The number of benzene rings is 3. The molecule has 1 N–H and O–H groups in total. The second-order valence-electron chi connectivity index (χ2n) is 6.61. The minimum Gasteiger partial charge on any atom is -0.491 e. The summed E-state index contributed by atoms with van der Waals surface area (Å²) in [4.78, 5) is 11.0. The average molecular weight is 524 g/mol. The number of anilines is 2. The summed E-state index contributed by atoms with van der Waals surface area (Å²) in [5, 5.41) is 2.33. The zero-order valence-corrected chi connectivity index (χ0v) is 20.0. The van der Waals surface area contributed by atoms with E-state index in [1.165, 1.54) is 0 Å². The summed E-state index contributed by atoms with van der Waals surface area (Å²) < 4.78 is 93.6. The molecule has 0 radical (unpaired) electrons. The second-order valence-corrected chi connectivity index (χ2v) is 7.02. The van der Waals surface area contributed by atoms with Crippen LogP contribution in [0.1, 0.15) is 35.3 Å². The molecular formula is C24H21ClF7NO2. The third-order valence-corrected chi connectivity index (χ3v) is 4.61. The molecule has 3 aromatic rings. The summed E-state index contributed by atoms with van der Waals surface area (Å²) in [6, 6.07) is 6.57. The Morgan fingerprint density at radius 1 is 0.800 bits per heavy atom. The fourth-order valence-electron chi connectivity index (χ4n) is 2.69. The Morgan fingerprint density at radius 3 is 1.77 bits per heavy atom. The molecule has 0 bridgehead atoms. The zero-order valence-electron chi connectivity index (χ0n) is 19.2. The van der Waals surface area contributed by atoms with Crippen molar-refractivity contribution in [3.8, 4) is 5.75 Å². The van der Waals surface area contributed by atoms with Gasteiger partial charge in [-0.25, -0.2) is 22.0 Å². The van der Waals surface area contributed by atoms with E-state index in [9.17, 15) is 35.5 Å². The minimum atomic E-state index is -2.20. The molecule has 0 aromatic heterocycles. The summed E-state index contributed by atoms with van der Waals surface area (Å²) in [5.74, 6) is -13.8. The van der Waals surface area contributed by atoms with Crippen LogP contribution in [-0.4, -0.2) is 13.4 Å². The first-order valence-corrected chi connectivity index (χ1v) is 10.3. The number of ether oxygens (including phenoxy) is 1. The number of carbonyl (C=O) groups is 1. The third kappa shape index (κ3) is 6.66.